The Balaban J connectivity index is 2.56. The number of nitrogens with zero attached hydrogens (tertiary/aromatic N) is 3. The minimum atomic E-state index is 0.0817. The highest BCUT2D eigenvalue weighted by Crippen LogP contribution is 2.30. The number of hydrogen-bond donors (Lipinski definition) is 4. The van der Waals surface area contributed by atoms with Gasteiger partial charge in [-0.2, -0.15) is 10.2 Å². The van der Waals surface area contributed by atoms with Gasteiger partial charge in [0.2, 0.25) is 0 Å². The molecule has 6 N–H and O–H groups in total. The molecule has 7 nitrogen and oxygen atoms in total. The lowest BCUT2D eigenvalue weighted by Crippen LogP contribution is -2.24. The fraction of sp³-hybridized carbons (Fsp3) is 0.143. The number of rotatable bonds is 5. The number of hydrogen-bond acceptors (Lipinski definition) is 4. The SMILES string of the molecule is CCn1c(Cl)c(/C=N/NC(N)=S)c2cccc(/C=N/NC(N)=S)c21. The Hall–Kier alpha value is -2.23. The van der Waals surface area contributed by atoms with Crippen molar-refractivity contribution >= 4 is 69.6 Å². The molecule has 2 rings (SSSR count). The lowest BCUT2D eigenvalue weighted by Gasteiger charge is -2.05. The zero-order valence-electron chi connectivity index (χ0n) is 12.8. The topological polar surface area (TPSA) is 106 Å². The molecule has 1 heterocycles. The van der Waals surface area contributed by atoms with Crippen molar-refractivity contribution in [2.75, 3.05) is 0 Å². The largest absolute Gasteiger partial charge is 0.375 e. The number of benzene rings is 1. The summed E-state index contributed by atoms with van der Waals surface area (Å²) in [7, 11) is 0. The molecule has 0 atom stereocenters. The van der Waals surface area contributed by atoms with Gasteiger partial charge in [0.15, 0.2) is 10.2 Å². The van der Waals surface area contributed by atoms with Gasteiger partial charge in [0, 0.05) is 23.1 Å². The summed E-state index contributed by atoms with van der Waals surface area (Å²) in [6.45, 7) is 2.68. The number of aryl methyl sites for hydroxylation is 1. The molecule has 0 spiro atoms. The fourth-order valence-electron chi connectivity index (χ4n) is 2.28. The minimum absolute atomic E-state index is 0.0817. The predicted molar refractivity (Wildman–Crippen MR) is 108 cm³/mol. The van der Waals surface area contributed by atoms with Crippen LogP contribution in [0.1, 0.15) is 18.1 Å². The van der Waals surface area contributed by atoms with Crippen LogP contribution in [-0.2, 0) is 6.54 Å². The molecule has 0 radical (unpaired) electrons. The van der Waals surface area contributed by atoms with Crippen molar-refractivity contribution in [1.29, 1.82) is 0 Å². The Bertz CT molecular complexity index is 841. The lowest BCUT2D eigenvalue weighted by atomic mass is 10.1. The first-order valence-corrected chi connectivity index (χ1v) is 8.12. The van der Waals surface area contributed by atoms with Crippen LogP contribution in [-0.4, -0.2) is 27.2 Å². The van der Waals surface area contributed by atoms with E-state index in [9.17, 15) is 0 Å². The number of nitrogens with one attached hydrogen (secondary N) is 2. The molecule has 1 aromatic carbocycles. The molecule has 0 aliphatic carbocycles. The third-order valence-corrected chi connectivity index (χ3v) is 3.74. The van der Waals surface area contributed by atoms with E-state index in [4.69, 9.17) is 47.5 Å². The highest BCUT2D eigenvalue weighted by molar-refractivity contribution is 7.80. The summed E-state index contributed by atoms with van der Waals surface area (Å²) in [6.07, 6.45) is 3.22. The van der Waals surface area contributed by atoms with Gasteiger partial charge in [-0.3, -0.25) is 10.9 Å². The molecule has 0 bridgehead atoms. The highest BCUT2D eigenvalue weighted by atomic mass is 35.5. The summed E-state index contributed by atoms with van der Waals surface area (Å²) >= 11 is 16.0. The average Bonchev–Trinajstić information content (AvgIpc) is 2.79. The molecule has 0 amide bonds. The Morgan fingerprint density at radius 1 is 1.21 bits per heavy atom. The Morgan fingerprint density at radius 2 is 1.83 bits per heavy atom. The average molecular weight is 382 g/mol. The summed E-state index contributed by atoms with van der Waals surface area (Å²) in [5, 5.41) is 9.67. The molecule has 1 aromatic heterocycles. The molecule has 0 saturated carbocycles. The van der Waals surface area contributed by atoms with Crippen LogP contribution in [0.5, 0.6) is 0 Å². The van der Waals surface area contributed by atoms with E-state index in [2.05, 4.69) is 21.1 Å². The van der Waals surface area contributed by atoms with E-state index in [0.717, 1.165) is 22.0 Å². The maximum Gasteiger partial charge on any atom is 0.184 e. The number of fused-ring (bicyclic) bond motifs is 1. The van der Waals surface area contributed by atoms with Crippen LogP contribution < -0.4 is 22.3 Å². The molecule has 126 valence electrons. The van der Waals surface area contributed by atoms with Gasteiger partial charge in [0.05, 0.1) is 17.9 Å². The molecule has 24 heavy (non-hydrogen) atoms. The van der Waals surface area contributed by atoms with Gasteiger partial charge in [0.1, 0.15) is 5.15 Å². The van der Waals surface area contributed by atoms with Gasteiger partial charge in [0.25, 0.3) is 0 Å². The molecule has 0 saturated heterocycles. The minimum Gasteiger partial charge on any atom is -0.375 e. The first-order valence-electron chi connectivity index (χ1n) is 6.93. The second-order valence-electron chi connectivity index (χ2n) is 4.66. The van der Waals surface area contributed by atoms with Crippen LogP contribution in [0.25, 0.3) is 10.9 Å². The molecular weight excluding hydrogens is 366 g/mol. The van der Waals surface area contributed by atoms with Gasteiger partial charge < -0.3 is 16.0 Å². The van der Waals surface area contributed by atoms with Crippen LogP contribution in [0.2, 0.25) is 5.15 Å². The van der Waals surface area contributed by atoms with Crippen molar-refractivity contribution in [3.8, 4) is 0 Å². The summed E-state index contributed by atoms with van der Waals surface area (Å²) in [5.74, 6) is 0. The third kappa shape index (κ3) is 3.99. The van der Waals surface area contributed by atoms with Crippen molar-refractivity contribution < 1.29 is 0 Å². The zero-order valence-corrected chi connectivity index (χ0v) is 15.2. The summed E-state index contributed by atoms with van der Waals surface area (Å²) in [4.78, 5) is 0. The second kappa shape index (κ2) is 8.04. The smallest absolute Gasteiger partial charge is 0.184 e. The van der Waals surface area contributed by atoms with E-state index in [1.54, 1.807) is 12.4 Å². The van der Waals surface area contributed by atoms with Gasteiger partial charge in [-0.15, -0.1) is 0 Å². The van der Waals surface area contributed by atoms with Crippen molar-refractivity contribution in [2.45, 2.75) is 13.5 Å². The quantitative estimate of drug-likeness (QED) is 0.356. The second-order valence-corrected chi connectivity index (χ2v) is 5.90. The fourth-order valence-corrected chi connectivity index (χ4v) is 2.74. The van der Waals surface area contributed by atoms with E-state index in [0.29, 0.717) is 11.7 Å². The first kappa shape index (κ1) is 18.1. The molecule has 0 fully saturated rings. The maximum absolute atomic E-state index is 6.50. The maximum atomic E-state index is 6.50. The van der Waals surface area contributed by atoms with Crippen molar-refractivity contribution in [3.63, 3.8) is 0 Å². The highest BCUT2D eigenvalue weighted by Gasteiger charge is 2.15. The standard InChI is InChI=1S/C14H16ClN7S2/c1-2-22-11-8(6-18-20-13(16)23)4-3-5-9(11)10(12(22)15)7-19-21-14(17)24/h3-7H,2H2,1H3,(H3,16,20,23)(H3,17,21,24)/b18-6+,19-7+. The summed E-state index contributed by atoms with van der Waals surface area (Å²) < 4.78 is 1.96. The van der Waals surface area contributed by atoms with Crippen molar-refractivity contribution in [2.24, 2.45) is 21.7 Å². The molecule has 0 unspecified atom stereocenters. The number of thiocarbonyl (C=S) groups is 2. The van der Waals surface area contributed by atoms with Gasteiger partial charge >= 0.3 is 0 Å². The molecule has 10 heteroatoms. The Morgan fingerprint density at radius 3 is 2.42 bits per heavy atom. The Labute approximate surface area is 154 Å². The van der Waals surface area contributed by atoms with Gasteiger partial charge in [-0.05, 0) is 31.4 Å². The predicted octanol–water partition coefficient (Wildman–Crippen LogP) is 1.65. The molecule has 0 aliphatic heterocycles. The summed E-state index contributed by atoms with van der Waals surface area (Å²) in [6, 6.07) is 5.77. The number of aromatic nitrogens is 1. The molecule has 0 aliphatic rings. The van der Waals surface area contributed by atoms with Crippen molar-refractivity contribution in [1.82, 2.24) is 15.4 Å². The van der Waals surface area contributed by atoms with E-state index in [1.807, 2.05) is 29.7 Å². The number of nitrogens with two attached hydrogens (primary N) is 2. The van der Waals surface area contributed by atoms with Crippen LogP contribution >= 0.6 is 36.0 Å². The van der Waals surface area contributed by atoms with E-state index >= 15 is 0 Å². The molecular formula is C14H16ClN7S2. The van der Waals surface area contributed by atoms with Gasteiger partial charge in [-0.1, -0.05) is 29.8 Å². The van der Waals surface area contributed by atoms with E-state index in [-0.39, 0.29) is 10.2 Å². The molecule has 2 aromatic rings. The van der Waals surface area contributed by atoms with E-state index in [1.165, 1.54) is 0 Å². The number of hydrazone groups is 2. The van der Waals surface area contributed by atoms with Crippen LogP contribution in [0, 0.1) is 0 Å². The first-order chi connectivity index (χ1) is 11.5. The number of halogens is 1. The normalized spacial score (nSPS) is 11.4. The van der Waals surface area contributed by atoms with Crippen LogP contribution in [0.4, 0.5) is 0 Å². The Kier molecular flexibility index (Phi) is 6.07. The van der Waals surface area contributed by atoms with Crippen LogP contribution in [0.15, 0.2) is 28.4 Å². The monoisotopic (exact) mass is 381 g/mol. The van der Waals surface area contributed by atoms with Gasteiger partial charge in [-0.25, -0.2) is 0 Å². The number of para-hydroxylation sites is 1. The van der Waals surface area contributed by atoms with Crippen LogP contribution in [0.3, 0.4) is 0 Å². The van der Waals surface area contributed by atoms with Crippen molar-refractivity contribution in [3.05, 3.63) is 34.5 Å². The lowest BCUT2D eigenvalue weighted by molar-refractivity contribution is 0.797. The third-order valence-electron chi connectivity index (χ3n) is 3.15. The summed E-state index contributed by atoms with van der Waals surface area (Å²) in [5.41, 5.74) is 18.3. The van der Waals surface area contributed by atoms with E-state index < -0.39 is 0 Å². The zero-order chi connectivity index (χ0) is 17.7.